The number of hydrogen-bond donors (Lipinski definition) is 1. The number of aromatic nitrogens is 1. The van der Waals surface area contributed by atoms with Gasteiger partial charge in [0, 0.05) is 21.5 Å². The second-order valence-corrected chi connectivity index (χ2v) is 6.70. The lowest BCUT2D eigenvalue weighted by atomic mass is 10.1. The molecular weight excluding hydrogens is 308 g/mol. The zero-order valence-electron chi connectivity index (χ0n) is 10.6. The standard InChI is InChI=1S/C14H17BrN2S/c1-9(2)7-12-13(8-16)18-14(17-12)10-3-5-11(15)6-4-10/h3-6,9H,7-8,16H2,1-2H3. The number of nitrogens with two attached hydrogens (primary N) is 1. The minimum absolute atomic E-state index is 0.580. The number of halogens is 1. The van der Waals surface area contributed by atoms with Crippen LogP contribution in [0.3, 0.4) is 0 Å². The van der Waals surface area contributed by atoms with E-state index in [9.17, 15) is 0 Å². The molecular formula is C14H17BrN2S. The van der Waals surface area contributed by atoms with Crippen molar-refractivity contribution in [1.29, 1.82) is 0 Å². The minimum atomic E-state index is 0.580. The molecule has 2 rings (SSSR count). The van der Waals surface area contributed by atoms with E-state index in [-0.39, 0.29) is 0 Å². The first-order valence-electron chi connectivity index (χ1n) is 6.04. The van der Waals surface area contributed by atoms with Crippen molar-refractivity contribution in [3.63, 3.8) is 0 Å². The van der Waals surface area contributed by atoms with Crippen LogP contribution in [0, 0.1) is 5.92 Å². The highest BCUT2D eigenvalue weighted by Crippen LogP contribution is 2.30. The van der Waals surface area contributed by atoms with Crippen molar-refractivity contribution in [3.05, 3.63) is 39.3 Å². The van der Waals surface area contributed by atoms with Gasteiger partial charge in [0.2, 0.25) is 0 Å². The first kappa shape index (κ1) is 13.7. The second-order valence-electron chi connectivity index (χ2n) is 4.70. The lowest BCUT2D eigenvalue weighted by molar-refractivity contribution is 0.634. The van der Waals surface area contributed by atoms with Gasteiger partial charge in [0.15, 0.2) is 0 Å². The normalized spacial score (nSPS) is 11.2. The van der Waals surface area contributed by atoms with E-state index in [0.29, 0.717) is 12.5 Å². The fourth-order valence-electron chi connectivity index (χ4n) is 1.80. The van der Waals surface area contributed by atoms with Crippen LogP contribution in [0.25, 0.3) is 10.6 Å². The molecule has 0 amide bonds. The Kier molecular flexibility index (Phi) is 4.54. The lowest BCUT2D eigenvalue weighted by Gasteiger charge is -2.02. The van der Waals surface area contributed by atoms with Gasteiger partial charge in [0.25, 0.3) is 0 Å². The minimum Gasteiger partial charge on any atom is -0.326 e. The Morgan fingerprint density at radius 2 is 1.94 bits per heavy atom. The fourth-order valence-corrected chi connectivity index (χ4v) is 3.04. The highest BCUT2D eigenvalue weighted by atomic mass is 79.9. The number of benzene rings is 1. The van der Waals surface area contributed by atoms with E-state index in [2.05, 4.69) is 41.9 Å². The van der Waals surface area contributed by atoms with Crippen molar-refractivity contribution in [2.24, 2.45) is 11.7 Å². The molecule has 2 nitrogen and oxygen atoms in total. The summed E-state index contributed by atoms with van der Waals surface area (Å²) in [7, 11) is 0. The Labute approximate surface area is 120 Å². The van der Waals surface area contributed by atoms with Gasteiger partial charge in [-0.3, -0.25) is 0 Å². The molecule has 0 atom stereocenters. The van der Waals surface area contributed by atoms with Gasteiger partial charge in [-0.1, -0.05) is 41.9 Å². The molecule has 0 radical (unpaired) electrons. The predicted molar refractivity (Wildman–Crippen MR) is 81.7 cm³/mol. The zero-order chi connectivity index (χ0) is 13.1. The van der Waals surface area contributed by atoms with E-state index >= 15 is 0 Å². The smallest absolute Gasteiger partial charge is 0.123 e. The summed E-state index contributed by atoms with van der Waals surface area (Å²) in [6, 6.07) is 8.26. The predicted octanol–water partition coefficient (Wildman–Crippen LogP) is 4.23. The largest absolute Gasteiger partial charge is 0.326 e. The molecule has 0 aliphatic rings. The molecule has 1 aromatic carbocycles. The van der Waals surface area contributed by atoms with Crippen LogP contribution in [-0.4, -0.2) is 4.98 Å². The molecule has 2 aromatic rings. The summed E-state index contributed by atoms with van der Waals surface area (Å²) in [6.45, 7) is 4.99. The summed E-state index contributed by atoms with van der Waals surface area (Å²) < 4.78 is 1.09. The number of thiazole rings is 1. The summed E-state index contributed by atoms with van der Waals surface area (Å²) in [5.41, 5.74) is 8.13. The summed E-state index contributed by atoms with van der Waals surface area (Å²) in [5.74, 6) is 0.607. The van der Waals surface area contributed by atoms with E-state index in [0.717, 1.165) is 27.2 Å². The first-order chi connectivity index (χ1) is 8.60. The fraction of sp³-hybridized carbons (Fsp3) is 0.357. The molecule has 2 N–H and O–H groups in total. The van der Waals surface area contributed by atoms with Crippen molar-refractivity contribution >= 4 is 27.3 Å². The molecule has 18 heavy (non-hydrogen) atoms. The average molecular weight is 325 g/mol. The molecule has 4 heteroatoms. The van der Waals surface area contributed by atoms with Gasteiger partial charge in [-0.25, -0.2) is 4.98 Å². The average Bonchev–Trinajstić information content (AvgIpc) is 2.72. The molecule has 96 valence electrons. The maximum Gasteiger partial charge on any atom is 0.123 e. The van der Waals surface area contributed by atoms with Crippen LogP contribution in [0.4, 0.5) is 0 Å². The highest BCUT2D eigenvalue weighted by molar-refractivity contribution is 9.10. The van der Waals surface area contributed by atoms with Crippen LogP contribution in [0.2, 0.25) is 0 Å². The van der Waals surface area contributed by atoms with Gasteiger partial charge in [-0.2, -0.15) is 0 Å². The Bertz CT molecular complexity index is 517. The highest BCUT2D eigenvalue weighted by Gasteiger charge is 2.12. The maximum atomic E-state index is 5.80. The SMILES string of the molecule is CC(C)Cc1nc(-c2ccc(Br)cc2)sc1CN. The Balaban J connectivity index is 2.34. The summed E-state index contributed by atoms with van der Waals surface area (Å²) in [4.78, 5) is 5.95. The van der Waals surface area contributed by atoms with Gasteiger partial charge >= 0.3 is 0 Å². The molecule has 0 saturated heterocycles. The molecule has 1 aromatic heterocycles. The van der Waals surface area contributed by atoms with E-state index in [1.807, 2.05) is 12.1 Å². The molecule has 0 aliphatic heterocycles. The quantitative estimate of drug-likeness (QED) is 0.914. The van der Waals surface area contributed by atoms with Gasteiger partial charge in [-0.15, -0.1) is 11.3 Å². The molecule has 0 spiro atoms. The van der Waals surface area contributed by atoms with Crippen molar-refractivity contribution in [2.75, 3.05) is 0 Å². The van der Waals surface area contributed by atoms with E-state index in [1.165, 1.54) is 4.88 Å². The third-order valence-corrected chi connectivity index (χ3v) is 4.35. The maximum absolute atomic E-state index is 5.80. The van der Waals surface area contributed by atoms with Crippen LogP contribution in [0.5, 0.6) is 0 Å². The van der Waals surface area contributed by atoms with E-state index in [4.69, 9.17) is 10.7 Å². The zero-order valence-corrected chi connectivity index (χ0v) is 13.0. The van der Waals surface area contributed by atoms with E-state index in [1.54, 1.807) is 11.3 Å². The number of nitrogens with zero attached hydrogens (tertiary/aromatic N) is 1. The third kappa shape index (κ3) is 3.19. The summed E-state index contributed by atoms with van der Waals surface area (Å²) >= 11 is 5.16. The van der Waals surface area contributed by atoms with Crippen molar-refractivity contribution < 1.29 is 0 Å². The monoisotopic (exact) mass is 324 g/mol. The van der Waals surface area contributed by atoms with Gasteiger partial charge < -0.3 is 5.73 Å². The molecule has 0 saturated carbocycles. The molecule has 1 heterocycles. The van der Waals surface area contributed by atoms with Crippen molar-refractivity contribution in [2.45, 2.75) is 26.8 Å². The van der Waals surface area contributed by atoms with Gasteiger partial charge in [0.1, 0.15) is 5.01 Å². The van der Waals surface area contributed by atoms with Crippen LogP contribution in [0.1, 0.15) is 24.4 Å². The summed E-state index contributed by atoms with van der Waals surface area (Å²) in [6.07, 6.45) is 1.000. The number of rotatable bonds is 4. The van der Waals surface area contributed by atoms with Crippen LogP contribution in [0.15, 0.2) is 28.7 Å². The lowest BCUT2D eigenvalue weighted by Crippen LogP contribution is -2.01. The Hall–Kier alpha value is -0.710. The molecule has 0 unspecified atom stereocenters. The van der Waals surface area contributed by atoms with Crippen molar-refractivity contribution in [3.8, 4) is 10.6 Å². The Morgan fingerprint density at radius 1 is 1.28 bits per heavy atom. The van der Waals surface area contributed by atoms with Crippen LogP contribution in [-0.2, 0) is 13.0 Å². The van der Waals surface area contributed by atoms with Crippen LogP contribution >= 0.6 is 27.3 Å². The molecule has 0 bridgehead atoms. The van der Waals surface area contributed by atoms with Gasteiger partial charge in [0.05, 0.1) is 5.69 Å². The number of hydrogen-bond acceptors (Lipinski definition) is 3. The van der Waals surface area contributed by atoms with Gasteiger partial charge in [-0.05, 0) is 24.5 Å². The molecule has 0 fully saturated rings. The molecule has 0 aliphatic carbocycles. The topological polar surface area (TPSA) is 38.9 Å². The van der Waals surface area contributed by atoms with Crippen LogP contribution < -0.4 is 5.73 Å². The van der Waals surface area contributed by atoms with Crippen molar-refractivity contribution in [1.82, 2.24) is 4.98 Å². The Morgan fingerprint density at radius 3 is 2.50 bits per heavy atom. The third-order valence-electron chi connectivity index (χ3n) is 2.66. The second kappa shape index (κ2) is 5.95. The first-order valence-corrected chi connectivity index (χ1v) is 7.65. The summed E-state index contributed by atoms with van der Waals surface area (Å²) in [5, 5.41) is 1.07. The van der Waals surface area contributed by atoms with E-state index < -0.39 is 0 Å².